The van der Waals surface area contributed by atoms with E-state index in [2.05, 4.69) is 14.6 Å². The van der Waals surface area contributed by atoms with Crippen LogP contribution in [0.3, 0.4) is 0 Å². The number of nitrogens with zero attached hydrogens (tertiary/aromatic N) is 2. The zero-order chi connectivity index (χ0) is 18.0. The minimum absolute atomic E-state index is 0.239. The topological polar surface area (TPSA) is 71.5 Å². The number of hydrogen-bond acceptors (Lipinski definition) is 5. The van der Waals surface area contributed by atoms with Crippen molar-refractivity contribution >= 4 is 21.5 Å². The Hall–Kier alpha value is -2.28. The number of benzene rings is 1. The molecular weight excluding hydrogens is 350 g/mol. The number of hydrogen-bond donors (Lipinski definition) is 1. The lowest BCUT2D eigenvalue weighted by atomic mass is 10.1. The van der Waals surface area contributed by atoms with E-state index >= 15 is 0 Å². The van der Waals surface area contributed by atoms with E-state index in [0.29, 0.717) is 12.4 Å². The molecule has 2 aromatic rings. The van der Waals surface area contributed by atoms with Crippen molar-refractivity contribution in [3.05, 3.63) is 42.1 Å². The first-order valence-corrected chi connectivity index (χ1v) is 10.6. The molecule has 4 rings (SSSR count). The summed E-state index contributed by atoms with van der Waals surface area (Å²) in [5.74, 6) is 1.11. The molecule has 0 bridgehead atoms. The third-order valence-corrected chi connectivity index (χ3v) is 6.25. The van der Waals surface area contributed by atoms with Gasteiger partial charge in [0.25, 0.3) is 10.0 Å². The smallest absolute Gasteiger partial charge is 0.263 e. The molecule has 1 aromatic carbocycles. The van der Waals surface area contributed by atoms with E-state index in [0.717, 1.165) is 42.9 Å². The van der Waals surface area contributed by atoms with Crippen molar-refractivity contribution in [2.24, 2.45) is 0 Å². The van der Waals surface area contributed by atoms with Crippen LogP contribution in [0.25, 0.3) is 0 Å². The molecule has 2 aliphatic rings. The lowest BCUT2D eigenvalue weighted by Crippen LogP contribution is -2.29. The number of aromatic nitrogens is 1. The van der Waals surface area contributed by atoms with Crippen LogP contribution in [-0.4, -0.2) is 33.1 Å². The normalized spacial score (nSPS) is 17.3. The molecule has 0 atom stereocenters. The molecule has 0 saturated carbocycles. The highest BCUT2D eigenvalue weighted by Gasteiger charge is 2.19. The summed E-state index contributed by atoms with van der Waals surface area (Å²) in [4.78, 5) is 6.82. The standard InChI is InChI=1S/C19H23N3O3S/c23-26(24,17-7-8-18-15(13-17)5-4-12-25-18)21-19-9-6-16(14-20-19)22-10-2-1-3-11-22/h6-9,13-14H,1-5,10-12H2,(H,20,21). The Bertz CT molecular complexity index is 875. The number of sulfonamides is 1. The van der Waals surface area contributed by atoms with Crippen molar-refractivity contribution < 1.29 is 13.2 Å². The van der Waals surface area contributed by atoms with Crippen molar-refractivity contribution in [1.29, 1.82) is 0 Å². The molecule has 0 radical (unpaired) electrons. The second kappa shape index (κ2) is 7.15. The summed E-state index contributed by atoms with van der Waals surface area (Å²) in [6, 6.07) is 8.66. The molecule has 0 spiro atoms. The van der Waals surface area contributed by atoms with E-state index in [4.69, 9.17) is 4.74 Å². The van der Waals surface area contributed by atoms with E-state index in [1.807, 2.05) is 6.07 Å². The lowest BCUT2D eigenvalue weighted by molar-refractivity contribution is 0.288. The maximum absolute atomic E-state index is 12.7. The van der Waals surface area contributed by atoms with Crippen molar-refractivity contribution in [2.45, 2.75) is 37.0 Å². The Balaban J connectivity index is 1.50. The molecule has 1 fully saturated rings. The van der Waals surface area contributed by atoms with Crippen molar-refractivity contribution in [3.63, 3.8) is 0 Å². The van der Waals surface area contributed by atoms with E-state index in [1.54, 1.807) is 30.5 Å². The molecule has 1 saturated heterocycles. The van der Waals surface area contributed by atoms with Gasteiger partial charge in [-0.25, -0.2) is 13.4 Å². The molecule has 7 heteroatoms. The van der Waals surface area contributed by atoms with Gasteiger partial charge < -0.3 is 9.64 Å². The molecule has 0 amide bonds. The number of rotatable bonds is 4. The monoisotopic (exact) mass is 373 g/mol. The number of nitrogens with one attached hydrogen (secondary N) is 1. The van der Waals surface area contributed by atoms with Gasteiger partial charge in [0.2, 0.25) is 0 Å². The molecular formula is C19H23N3O3S. The second-order valence-electron chi connectivity index (χ2n) is 6.78. The van der Waals surface area contributed by atoms with Gasteiger partial charge in [-0.05, 0) is 68.0 Å². The molecule has 0 aliphatic carbocycles. The van der Waals surface area contributed by atoms with Crippen molar-refractivity contribution in [2.75, 3.05) is 29.3 Å². The van der Waals surface area contributed by atoms with Crippen LogP contribution in [0.15, 0.2) is 41.4 Å². The van der Waals surface area contributed by atoms with Gasteiger partial charge in [-0.2, -0.15) is 0 Å². The Kier molecular flexibility index (Phi) is 4.72. The highest BCUT2D eigenvalue weighted by molar-refractivity contribution is 7.92. The number of aryl methyl sites for hydroxylation is 1. The van der Waals surface area contributed by atoms with Crippen LogP contribution in [-0.2, 0) is 16.4 Å². The van der Waals surface area contributed by atoms with Crippen LogP contribution in [0.5, 0.6) is 5.75 Å². The maximum Gasteiger partial charge on any atom is 0.263 e. The zero-order valence-corrected chi connectivity index (χ0v) is 15.5. The van der Waals surface area contributed by atoms with E-state index < -0.39 is 10.0 Å². The Morgan fingerprint density at radius 3 is 2.65 bits per heavy atom. The summed E-state index contributed by atoms with van der Waals surface area (Å²) in [5.41, 5.74) is 1.98. The first kappa shape index (κ1) is 17.1. The number of ether oxygens (including phenoxy) is 1. The number of fused-ring (bicyclic) bond motifs is 1. The van der Waals surface area contributed by atoms with E-state index in [-0.39, 0.29) is 4.90 Å². The average Bonchev–Trinajstić information content (AvgIpc) is 2.68. The van der Waals surface area contributed by atoms with Gasteiger partial charge in [-0.3, -0.25) is 4.72 Å². The summed E-state index contributed by atoms with van der Waals surface area (Å²) >= 11 is 0. The fourth-order valence-corrected chi connectivity index (χ4v) is 4.54. The van der Waals surface area contributed by atoms with Gasteiger partial charge in [-0.1, -0.05) is 0 Å². The number of piperidine rings is 1. The van der Waals surface area contributed by atoms with Crippen molar-refractivity contribution in [1.82, 2.24) is 4.98 Å². The largest absolute Gasteiger partial charge is 0.493 e. The Morgan fingerprint density at radius 2 is 1.88 bits per heavy atom. The molecule has 26 heavy (non-hydrogen) atoms. The van der Waals surface area contributed by atoms with Gasteiger partial charge in [0.1, 0.15) is 11.6 Å². The predicted octanol–water partition coefficient (Wildman–Crippen LogP) is 3.20. The summed E-state index contributed by atoms with van der Waals surface area (Å²) in [6.07, 6.45) is 7.13. The Morgan fingerprint density at radius 1 is 1.04 bits per heavy atom. The van der Waals surface area contributed by atoms with Gasteiger partial charge in [0, 0.05) is 13.1 Å². The first-order valence-electron chi connectivity index (χ1n) is 9.11. The summed E-state index contributed by atoms with van der Waals surface area (Å²) in [6.45, 7) is 2.75. The average molecular weight is 373 g/mol. The lowest BCUT2D eigenvalue weighted by Gasteiger charge is -2.28. The van der Waals surface area contributed by atoms with Crippen molar-refractivity contribution in [3.8, 4) is 5.75 Å². The Labute approximate surface area is 154 Å². The molecule has 3 heterocycles. The van der Waals surface area contributed by atoms with Gasteiger partial charge >= 0.3 is 0 Å². The fraction of sp³-hybridized carbons (Fsp3) is 0.421. The molecule has 1 aromatic heterocycles. The van der Waals surface area contributed by atoms with Gasteiger partial charge in [0.05, 0.1) is 23.4 Å². The molecule has 0 unspecified atom stereocenters. The summed E-state index contributed by atoms with van der Waals surface area (Å²) < 4.78 is 33.5. The number of anilines is 2. The SMILES string of the molecule is O=S(=O)(Nc1ccc(N2CCCCC2)cn1)c1ccc2c(c1)CCCO2. The minimum atomic E-state index is -3.67. The summed E-state index contributed by atoms with van der Waals surface area (Å²) in [5, 5.41) is 0. The van der Waals surface area contributed by atoms with Crippen LogP contribution in [0.4, 0.5) is 11.5 Å². The predicted molar refractivity (Wildman–Crippen MR) is 101 cm³/mol. The van der Waals surface area contributed by atoms with Crippen LogP contribution in [0, 0.1) is 0 Å². The third-order valence-electron chi connectivity index (χ3n) is 4.90. The van der Waals surface area contributed by atoms with Gasteiger partial charge in [0.15, 0.2) is 0 Å². The van der Waals surface area contributed by atoms with E-state index in [9.17, 15) is 8.42 Å². The van der Waals surface area contributed by atoms with Crippen LogP contribution in [0.1, 0.15) is 31.2 Å². The second-order valence-corrected chi connectivity index (χ2v) is 8.46. The van der Waals surface area contributed by atoms with Gasteiger partial charge in [-0.15, -0.1) is 0 Å². The summed E-state index contributed by atoms with van der Waals surface area (Å²) in [7, 11) is -3.67. The molecule has 6 nitrogen and oxygen atoms in total. The minimum Gasteiger partial charge on any atom is -0.493 e. The highest BCUT2D eigenvalue weighted by atomic mass is 32.2. The first-order chi connectivity index (χ1) is 12.6. The molecule has 1 N–H and O–H groups in total. The zero-order valence-electron chi connectivity index (χ0n) is 14.6. The van der Waals surface area contributed by atoms with E-state index in [1.165, 1.54) is 19.3 Å². The third kappa shape index (κ3) is 3.62. The highest BCUT2D eigenvalue weighted by Crippen LogP contribution is 2.28. The maximum atomic E-state index is 12.7. The number of pyridine rings is 1. The fourth-order valence-electron chi connectivity index (χ4n) is 3.49. The van der Waals surface area contributed by atoms with Crippen LogP contribution >= 0.6 is 0 Å². The molecule has 2 aliphatic heterocycles. The quantitative estimate of drug-likeness (QED) is 0.891. The van der Waals surface area contributed by atoms with Crippen LogP contribution < -0.4 is 14.4 Å². The van der Waals surface area contributed by atoms with Crippen LogP contribution in [0.2, 0.25) is 0 Å². The molecule has 138 valence electrons.